The third-order valence-electron chi connectivity index (χ3n) is 3.13. The van der Waals surface area contributed by atoms with Crippen molar-refractivity contribution in [3.05, 3.63) is 0 Å². The van der Waals surface area contributed by atoms with Crippen molar-refractivity contribution in [1.82, 2.24) is 0 Å². The van der Waals surface area contributed by atoms with Gasteiger partial charge in [-0.2, -0.15) is 0 Å². The molecule has 16 heavy (non-hydrogen) atoms. The van der Waals surface area contributed by atoms with Crippen LogP contribution in [0.2, 0.25) is 0 Å². The third kappa shape index (κ3) is 7.26. The Morgan fingerprint density at radius 3 is 2.06 bits per heavy atom. The lowest BCUT2D eigenvalue weighted by Crippen LogP contribution is -2.26. The van der Waals surface area contributed by atoms with E-state index in [0.29, 0.717) is 12.3 Å². The maximum absolute atomic E-state index is 10.9. The Labute approximate surface area is 97.8 Å². The minimum atomic E-state index is -0.226. The van der Waals surface area contributed by atoms with Gasteiger partial charge in [-0.05, 0) is 18.8 Å². The number of hydrogen-bond donors (Lipinski definition) is 2. The number of nitrogens with two attached hydrogens (primary N) is 2. The molecule has 94 valence electrons. The summed E-state index contributed by atoms with van der Waals surface area (Å²) in [5.41, 5.74) is 10.3. The Balaban J connectivity index is 3.44. The van der Waals surface area contributed by atoms with Crippen molar-refractivity contribution in [2.24, 2.45) is 23.3 Å². The van der Waals surface area contributed by atoms with E-state index in [2.05, 4.69) is 6.92 Å². The average Bonchev–Trinajstić information content (AvgIpc) is 2.21. The molecule has 0 rings (SSSR count). The molecule has 0 aliphatic carbocycles. The molecule has 0 aromatic carbocycles. The summed E-state index contributed by atoms with van der Waals surface area (Å²) >= 11 is 0. The maximum atomic E-state index is 10.9. The number of amides is 2. The van der Waals surface area contributed by atoms with E-state index in [4.69, 9.17) is 11.5 Å². The molecule has 2 amide bonds. The van der Waals surface area contributed by atoms with Crippen LogP contribution in [0, 0.1) is 11.8 Å². The van der Waals surface area contributed by atoms with Crippen LogP contribution in [-0.2, 0) is 9.59 Å². The first-order valence-corrected chi connectivity index (χ1v) is 6.02. The molecular formula is C12H24N2O2. The molecule has 0 heterocycles. The van der Waals surface area contributed by atoms with Crippen LogP contribution in [0.5, 0.6) is 0 Å². The molecule has 0 saturated heterocycles. The molecule has 0 radical (unpaired) electrons. The van der Waals surface area contributed by atoms with Crippen LogP contribution in [0.1, 0.15) is 52.4 Å². The zero-order chi connectivity index (χ0) is 12.6. The van der Waals surface area contributed by atoms with Gasteiger partial charge in [0.2, 0.25) is 11.8 Å². The van der Waals surface area contributed by atoms with Gasteiger partial charge in [-0.25, -0.2) is 0 Å². The van der Waals surface area contributed by atoms with Crippen molar-refractivity contribution in [2.75, 3.05) is 0 Å². The summed E-state index contributed by atoms with van der Waals surface area (Å²) < 4.78 is 0. The number of rotatable bonds is 9. The van der Waals surface area contributed by atoms with Crippen LogP contribution in [0.25, 0.3) is 0 Å². The number of hydrogen-bond acceptors (Lipinski definition) is 2. The van der Waals surface area contributed by atoms with Crippen LogP contribution >= 0.6 is 0 Å². The Hall–Kier alpha value is -1.06. The van der Waals surface area contributed by atoms with Gasteiger partial charge in [0, 0.05) is 12.3 Å². The van der Waals surface area contributed by atoms with E-state index < -0.39 is 0 Å². The molecule has 2 unspecified atom stereocenters. The Morgan fingerprint density at radius 1 is 1.00 bits per heavy atom. The summed E-state index contributed by atoms with van der Waals surface area (Å²) in [7, 11) is 0. The summed E-state index contributed by atoms with van der Waals surface area (Å²) in [4.78, 5) is 21.4. The van der Waals surface area contributed by atoms with Gasteiger partial charge in [-0.15, -0.1) is 0 Å². The lowest BCUT2D eigenvalue weighted by atomic mass is 9.90. The van der Waals surface area contributed by atoms with E-state index in [0.717, 1.165) is 32.1 Å². The Kier molecular flexibility index (Phi) is 7.60. The van der Waals surface area contributed by atoms with Crippen molar-refractivity contribution in [3.63, 3.8) is 0 Å². The Morgan fingerprint density at radius 2 is 1.56 bits per heavy atom. The van der Waals surface area contributed by atoms with Crippen molar-refractivity contribution >= 4 is 11.8 Å². The van der Waals surface area contributed by atoms with E-state index in [9.17, 15) is 9.59 Å². The Bertz CT molecular complexity index is 229. The summed E-state index contributed by atoms with van der Waals surface area (Å²) in [5, 5.41) is 0. The van der Waals surface area contributed by atoms with Gasteiger partial charge < -0.3 is 11.5 Å². The highest BCUT2D eigenvalue weighted by Crippen LogP contribution is 2.18. The van der Waals surface area contributed by atoms with Gasteiger partial charge in [0.05, 0.1) is 0 Å². The highest BCUT2D eigenvalue weighted by molar-refractivity contribution is 5.76. The van der Waals surface area contributed by atoms with Crippen molar-refractivity contribution < 1.29 is 9.59 Å². The molecule has 0 saturated carbocycles. The lowest BCUT2D eigenvalue weighted by molar-refractivity contribution is -0.122. The predicted molar refractivity (Wildman–Crippen MR) is 64.4 cm³/mol. The first-order chi connectivity index (χ1) is 7.45. The monoisotopic (exact) mass is 228 g/mol. The largest absolute Gasteiger partial charge is 0.370 e. The van der Waals surface area contributed by atoms with E-state index >= 15 is 0 Å². The van der Waals surface area contributed by atoms with Crippen LogP contribution in [0.15, 0.2) is 0 Å². The SMILES string of the molecule is CC(CCCCCCC(N)=O)C(C)C(N)=O. The number of carbonyl (C=O) groups is 2. The van der Waals surface area contributed by atoms with Gasteiger partial charge >= 0.3 is 0 Å². The highest BCUT2D eigenvalue weighted by Gasteiger charge is 2.16. The molecule has 2 atom stereocenters. The van der Waals surface area contributed by atoms with Gasteiger partial charge in [-0.1, -0.05) is 33.1 Å². The third-order valence-corrected chi connectivity index (χ3v) is 3.13. The molecule has 0 spiro atoms. The second kappa shape index (κ2) is 8.13. The fourth-order valence-corrected chi connectivity index (χ4v) is 1.65. The number of unbranched alkanes of at least 4 members (excludes halogenated alkanes) is 3. The van der Waals surface area contributed by atoms with E-state index in [-0.39, 0.29) is 17.7 Å². The normalized spacial score (nSPS) is 14.4. The molecule has 4 nitrogen and oxygen atoms in total. The zero-order valence-electron chi connectivity index (χ0n) is 10.4. The maximum Gasteiger partial charge on any atom is 0.220 e. The standard InChI is InChI=1S/C12H24N2O2/c1-9(10(2)12(14)16)7-5-3-4-6-8-11(13)15/h9-10H,3-8H2,1-2H3,(H2,13,15)(H2,14,16). The first-order valence-electron chi connectivity index (χ1n) is 6.02. The summed E-state index contributed by atoms with van der Waals surface area (Å²) in [6.45, 7) is 3.93. The topological polar surface area (TPSA) is 86.2 Å². The molecule has 0 fully saturated rings. The van der Waals surface area contributed by atoms with Crippen molar-refractivity contribution in [3.8, 4) is 0 Å². The van der Waals surface area contributed by atoms with Gasteiger partial charge in [0.1, 0.15) is 0 Å². The molecule has 0 aromatic rings. The second-order valence-electron chi connectivity index (χ2n) is 4.59. The van der Waals surface area contributed by atoms with Crippen LogP contribution in [0.4, 0.5) is 0 Å². The molecule has 0 aromatic heterocycles. The summed E-state index contributed by atoms with van der Waals surface area (Å²) in [5.74, 6) is -0.156. The fourth-order valence-electron chi connectivity index (χ4n) is 1.65. The molecule has 0 bridgehead atoms. The van der Waals surface area contributed by atoms with E-state index in [1.54, 1.807) is 0 Å². The lowest BCUT2D eigenvalue weighted by Gasteiger charge is -2.16. The van der Waals surface area contributed by atoms with E-state index in [1.165, 1.54) is 0 Å². The molecule has 0 aliphatic rings. The van der Waals surface area contributed by atoms with Crippen LogP contribution < -0.4 is 11.5 Å². The minimum Gasteiger partial charge on any atom is -0.370 e. The smallest absolute Gasteiger partial charge is 0.220 e. The van der Waals surface area contributed by atoms with Crippen LogP contribution in [0.3, 0.4) is 0 Å². The van der Waals surface area contributed by atoms with Gasteiger partial charge in [0.15, 0.2) is 0 Å². The average molecular weight is 228 g/mol. The molecule has 4 heteroatoms. The van der Waals surface area contributed by atoms with E-state index in [1.807, 2.05) is 6.92 Å². The quantitative estimate of drug-likeness (QED) is 0.587. The molecular weight excluding hydrogens is 204 g/mol. The molecule has 0 aliphatic heterocycles. The fraction of sp³-hybridized carbons (Fsp3) is 0.833. The van der Waals surface area contributed by atoms with Gasteiger partial charge in [0.25, 0.3) is 0 Å². The van der Waals surface area contributed by atoms with Crippen molar-refractivity contribution in [1.29, 1.82) is 0 Å². The van der Waals surface area contributed by atoms with Crippen molar-refractivity contribution in [2.45, 2.75) is 52.4 Å². The first kappa shape index (κ1) is 14.9. The zero-order valence-corrected chi connectivity index (χ0v) is 10.4. The summed E-state index contributed by atoms with van der Waals surface area (Å²) in [6, 6.07) is 0. The predicted octanol–water partition coefficient (Wildman–Crippen LogP) is 1.57. The second-order valence-corrected chi connectivity index (χ2v) is 4.59. The number of primary amides is 2. The molecule has 4 N–H and O–H groups in total. The summed E-state index contributed by atoms with van der Waals surface area (Å²) in [6.07, 6.45) is 5.56. The van der Waals surface area contributed by atoms with Gasteiger partial charge in [-0.3, -0.25) is 9.59 Å². The number of carbonyl (C=O) groups excluding carboxylic acids is 2. The highest BCUT2D eigenvalue weighted by atomic mass is 16.1. The minimum absolute atomic E-state index is 0.0504. The van der Waals surface area contributed by atoms with Crippen LogP contribution in [-0.4, -0.2) is 11.8 Å².